The van der Waals surface area contributed by atoms with Gasteiger partial charge in [-0.2, -0.15) is 0 Å². The Morgan fingerprint density at radius 3 is 1.53 bits per heavy atom. The fourth-order valence-electron chi connectivity index (χ4n) is 2.39. The summed E-state index contributed by atoms with van der Waals surface area (Å²) in [6, 6.07) is 17.8. The fourth-order valence-corrected chi connectivity index (χ4v) is 7.69. The third-order valence-electron chi connectivity index (χ3n) is 3.16. The zero-order valence-corrected chi connectivity index (χ0v) is 10.7. The third-order valence-corrected chi connectivity index (χ3v) is 9.27. The Morgan fingerprint density at radius 2 is 1.07 bits per heavy atom. The van der Waals surface area contributed by atoms with Gasteiger partial charge >= 0.3 is 93.1 Å². The molecule has 2 aromatic rings. The van der Waals surface area contributed by atoms with E-state index in [9.17, 15) is 0 Å². The van der Waals surface area contributed by atoms with Crippen molar-refractivity contribution in [2.75, 3.05) is 0 Å². The molecule has 15 heavy (non-hydrogen) atoms. The van der Waals surface area contributed by atoms with Crippen LogP contribution < -0.4 is 8.92 Å². The molecule has 0 unspecified atom stereocenters. The van der Waals surface area contributed by atoms with Crippen LogP contribution in [0.5, 0.6) is 0 Å². The van der Waals surface area contributed by atoms with Gasteiger partial charge in [0.1, 0.15) is 0 Å². The van der Waals surface area contributed by atoms with Crippen LogP contribution in [0, 0.1) is 0 Å². The summed E-state index contributed by atoms with van der Waals surface area (Å²) < 4.78 is 3.21. The molecule has 0 spiro atoms. The van der Waals surface area contributed by atoms with Gasteiger partial charge in [-0.3, -0.25) is 0 Å². The molecule has 3 rings (SSSR count). The number of rotatable bonds is 0. The van der Waals surface area contributed by atoms with Crippen LogP contribution >= 0.6 is 0 Å². The van der Waals surface area contributed by atoms with Crippen LogP contribution in [0.2, 0.25) is 11.6 Å². The van der Waals surface area contributed by atoms with Gasteiger partial charge in [0.15, 0.2) is 0 Å². The second-order valence-electron chi connectivity index (χ2n) is 4.32. The van der Waals surface area contributed by atoms with Gasteiger partial charge in [-0.25, -0.2) is 0 Å². The summed E-state index contributed by atoms with van der Waals surface area (Å²) >= 11 is -1.57. The van der Waals surface area contributed by atoms with E-state index in [-0.39, 0.29) is 0 Å². The molecule has 0 bridgehead atoms. The molecule has 1 aliphatic heterocycles. The summed E-state index contributed by atoms with van der Waals surface area (Å²) in [5.41, 5.74) is 2.94. The molecule has 0 fully saturated rings. The maximum atomic E-state index is 2.46. The van der Waals surface area contributed by atoms with Crippen molar-refractivity contribution in [1.82, 2.24) is 0 Å². The van der Waals surface area contributed by atoms with Gasteiger partial charge in [0.2, 0.25) is 0 Å². The zero-order chi connectivity index (χ0) is 10.5. The van der Waals surface area contributed by atoms with Crippen LogP contribution in [0.15, 0.2) is 48.5 Å². The standard InChI is InChI=1S/C14H14Se/c1-15(2)13-9-5-3-7-11(13)12-8-4-6-10-14(12)15/h3-10H,1-2H3. The minimum atomic E-state index is -1.57. The third kappa shape index (κ3) is 1.14. The van der Waals surface area contributed by atoms with Crippen LogP contribution in [-0.4, -0.2) is 12.8 Å². The molecule has 0 saturated carbocycles. The summed E-state index contributed by atoms with van der Waals surface area (Å²) in [4.78, 5) is 0. The second-order valence-corrected chi connectivity index (χ2v) is 11.7. The summed E-state index contributed by atoms with van der Waals surface area (Å²) in [6.07, 6.45) is 0. The molecule has 0 aromatic heterocycles. The van der Waals surface area contributed by atoms with Crippen molar-refractivity contribution >= 4 is 21.8 Å². The Balaban J connectivity index is 2.42. The quantitative estimate of drug-likeness (QED) is 0.639. The van der Waals surface area contributed by atoms with Gasteiger partial charge in [-0.1, -0.05) is 0 Å². The Morgan fingerprint density at radius 1 is 0.667 bits per heavy atom. The predicted molar refractivity (Wildman–Crippen MR) is 68.6 cm³/mol. The van der Waals surface area contributed by atoms with Gasteiger partial charge in [0, 0.05) is 0 Å². The number of fused-ring (bicyclic) bond motifs is 3. The number of benzene rings is 2. The van der Waals surface area contributed by atoms with E-state index < -0.39 is 12.8 Å². The molecule has 0 radical (unpaired) electrons. The van der Waals surface area contributed by atoms with Crippen LogP contribution in [-0.2, 0) is 0 Å². The van der Waals surface area contributed by atoms with Crippen molar-refractivity contribution in [1.29, 1.82) is 0 Å². The van der Waals surface area contributed by atoms with Crippen molar-refractivity contribution in [3.8, 4) is 11.1 Å². The Bertz CT molecular complexity index is 479. The van der Waals surface area contributed by atoms with Crippen LogP contribution in [0.1, 0.15) is 0 Å². The van der Waals surface area contributed by atoms with E-state index in [0.29, 0.717) is 0 Å². The summed E-state index contributed by atoms with van der Waals surface area (Å²) in [5.74, 6) is 4.92. The molecule has 0 aliphatic carbocycles. The van der Waals surface area contributed by atoms with Crippen molar-refractivity contribution in [2.45, 2.75) is 11.6 Å². The van der Waals surface area contributed by atoms with E-state index in [2.05, 4.69) is 60.2 Å². The fraction of sp³-hybridized carbons (Fsp3) is 0.143. The van der Waals surface area contributed by atoms with Gasteiger partial charge in [-0.05, 0) is 0 Å². The van der Waals surface area contributed by atoms with Crippen LogP contribution in [0.25, 0.3) is 11.1 Å². The van der Waals surface area contributed by atoms with Crippen molar-refractivity contribution in [2.24, 2.45) is 0 Å². The molecular formula is C14H14Se. The molecule has 0 saturated heterocycles. The van der Waals surface area contributed by atoms with E-state index >= 15 is 0 Å². The summed E-state index contributed by atoms with van der Waals surface area (Å²) in [5, 5.41) is 0. The summed E-state index contributed by atoms with van der Waals surface area (Å²) in [6.45, 7) is 0. The first-order chi connectivity index (χ1) is 7.21. The molecule has 1 aliphatic rings. The van der Waals surface area contributed by atoms with Crippen molar-refractivity contribution in [3.05, 3.63) is 48.5 Å². The molecule has 0 atom stereocenters. The van der Waals surface area contributed by atoms with Crippen LogP contribution in [0.3, 0.4) is 0 Å². The minimum absolute atomic E-state index is 1.47. The first-order valence-electron chi connectivity index (χ1n) is 5.13. The maximum absolute atomic E-state index is 2.46. The average molecular weight is 261 g/mol. The Hall–Kier alpha value is -1.04. The second kappa shape index (κ2) is 2.98. The van der Waals surface area contributed by atoms with Crippen molar-refractivity contribution in [3.63, 3.8) is 0 Å². The normalized spacial score (nSPS) is 18.0. The zero-order valence-electron chi connectivity index (χ0n) is 9.03. The molecule has 1 heteroatoms. The predicted octanol–water partition coefficient (Wildman–Crippen LogP) is 2.49. The monoisotopic (exact) mass is 262 g/mol. The molecule has 0 N–H and O–H groups in total. The Kier molecular flexibility index (Phi) is 1.83. The summed E-state index contributed by atoms with van der Waals surface area (Å²) in [7, 11) is 0. The molecule has 76 valence electrons. The topological polar surface area (TPSA) is 0 Å². The van der Waals surface area contributed by atoms with E-state index in [4.69, 9.17) is 0 Å². The van der Waals surface area contributed by atoms with E-state index in [1.54, 1.807) is 8.92 Å². The Labute approximate surface area is 93.2 Å². The van der Waals surface area contributed by atoms with E-state index in [1.165, 1.54) is 11.1 Å². The van der Waals surface area contributed by atoms with Gasteiger partial charge in [0.25, 0.3) is 0 Å². The number of hydrogen-bond acceptors (Lipinski definition) is 0. The van der Waals surface area contributed by atoms with Gasteiger partial charge in [0.05, 0.1) is 0 Å². The average Bonchev–Trinajstić information content (AvgIpc) is 2.51. The van der Waals surface area contributed by atoms with E-state index in [0.717, 1.165) is 0 Å². The molecule has 1 heterocycles. The first kappa shape index (κ1) is 9.20. The SMILES string of the molecule is C[Se]1(C)c2ccccc2-c2ccccc21. The molecule has 0 nitrogen and oxygen atoms in total. The van der Waals surface area contributed by atoms with Gasteiger partial charge < -0.3 is 0 Å². The molecule has 0 amide bonds. The van der Waals surface area contributed by atoms with Gasteiger partial charge in [-0.15, -0.1) is 0 Å². The van der Waals surface area contributed by atoms with E-state index in [1.807, 2.05) is 0 Å². The molecule has 2 aromatic carbocycles. The first-order valence-corrected chi connectivity index (χ1v) is 10.3. The number of hydrogen-bond donors (Lipinski definition) is 0. The van der Waals surface area contributed by atoms with Crippen LogP contribution in [0.4, 0.5) is 0 Å². The van der Waals surface area contributed by atoms with Crippen molar-refractivity contribution < 1.29 is 0 Å². The molecular weight excluding hydrogens is 247 g/mol.